The van der Waals surface area contributed by atoms with Crippen LogP contribution in [0, 0.1) is 0 Å². The van der Waals surface area contributed by atoms with Crippen molar-refractivity contribution in [2.75, 3.05) is 17.7 Å². The molecule has 1 amide bonds. The Bertz CT molecular complexity index is 1090. The largest absolute Gasteiger partial charge is 0.452 e. The molecule has 0 saturated heterocycles. The predicted octanol–water partition coefficient (Wildman–Crippen LogP) is 3.32. The van der Waals surface area contributed by atoms with Crippen LogP contribution >= 0.6 is 11.6 Å². The summed E-state index contributed by atoms with van der Waals surface area (Å²) in [6.07, 6.45) is -2.19. The maximum Gasteiger partial charge on any atom is 0.416 e. The number of benzene rings is 2. The third-order valence-corrected chi connectivity index (χ3v) is 4.07. The number of nitrogens with two attached hydrogens (primary N) is 1. The Kier molecular flexibility index (Phi) is 5.92. The average Bonchev–Trinajstić information content (AvgIpc) is 3.20. The number of esters is 1. The summed E-state index contributed by atoms with van der Waals surface area (Å²) in [5.41, 5.74) is 4.70. The van der Waals surface area contributed by atoms with Crippen LogP contribution in [0.15, 0.2) is 49.1 Å². The number of hydrogen-bond donors (Lipinski definition) is 2. The minimum absolute atomic E-state index is 0.00502. The first-order valence-electron chi connectivity index (χ1n) is 8.23. The van der Waals surface area contributed by atoms with Gasteiger partial charge in [0.25, 0.3) is 5.91 Å². The van der Waals surface area contributed by atoms with Gasteiger partial charge in [-0.1, -0.05) is 11.6 Å². The molecule has 0 aliphatic rings. The van der Waals surface area contributed by atoms with Crippen molar-refractivity contribution in [2.45, 2.75) is 6.18 Å². The summed E-state index contributed by atoms with van der Waals surface area (Å²) in [4.78, 5) is 28.0. The number of carbonyl (C=O) groups excluding carboxylic acids is 2. The highest BCUT2D eigenvalue weighted by Crippen LogP contribution is 2.33. The maximum atomic E-state index is 13.0. The third kappa shape index (κ3) is 4.87. The number of carbonyl (C=O) groups is 2. The second-order valence-corrected chi connectivity index (χ2v) is 6.36. The summed E-state index contributed by atoms with van der Waals surface area (Å²) in [7, 11) is 0. The lowest BCUT2D eigenvalue weighted by atomic mass is 10.1. The van der Waals surface area contributed by atoms with Crippen molar-refractivity contribution in [3.05, 3.63) is 65.2 Å². The van der Waals surface area contributed by atoms with E-state index in [0.29, 0.717) is 5.02 Å². The van der Waals surface area contributed by atoms with Crippen LogP contribution in [0.25, 0.3) is 5.69 Å². The Labute approximate surface area is 172 Å². The molecule has 12 heteroatoms. The molecular formula is C18H13ClF3N5O3. The van der Waals surface area contributed by atoms with E-state index in [1.807, 2.05) is 0 Å². The zero-order valence-electron chi connectivity index (χ0n) is 15.0. The van der Waals surface area contributed by atoms with Gasteiger partial charge < -0.3 is 15.8 Å². The number of alkyl halides is 3. The van der Waals surface area contributed by atoms with Crippen LogP contribution in [0.5, 0.6) is 0 Å². The number of hydrogen-bond acceptors (Lipinski definition) is 6. The first-order chi connectivity index (χ1) is 14.1. The van der Waals surface area contributed by atoms with Crippen LogP contribution in [0.1, 0.15) is 15.9 Å². The second kappa shape index (κ2) is 8.41. The minimum atomic E-state index is -4.63. The quantitative estimate of drug-likeness (QED) is 0.466. The minimum Gasteiger partial charge on any atom is -0.452 e. The van der Waals surface area contributed by atoms with Gasteiger partial charge in [-0.25, -0.2) is 14.5 Å². The smallest absolute Gasteiger partial charge is 0.416 e. The molecule has 0 spiro atoms. The molecule has 156 valence electrons. The Morgan fingerprint density at radius 2 is 1.97 bits per heavy atom. The number of rotatable bonds is 5. The Morgan fingerprint density at radius 1 is 1.20 bits per heavy atom. The number of amides is 1. The molecule has 0 saturated carbocycles. The Hall–Kier alpha value is -3.60. The molecule has 0 radical (unpaired) electrons. The molecule has 3 aromatic rings. The summed E-state index contributed by atoms with van der Waals surface area (Å²) in [5.74, 6) is -1.75. The topological polar surface area (TPSA) is 112 Å². The van der Waals surface area contributed by atoms with E-state index in [0.717, 1.165) is 18.2 Å². The molecule has 1 aromatic heterocycles. The number of halogens is 4. The van der Waals surface area contributed by atoms with Crippen LogP contribution in [0.4, 0.5) is 24.5 Å². The number of nitrogen functional groups attached to an aromatic ring is 1. The van der Waals surface area contributed by atoms with Crippen molar-refractivity contribution in [3.63, 3.8) is 0 Å². The Balaban J connectivity index is 1.76. The van der Waals surface area contributed by atoms with Crippen LogP contribution < -0.4 is 11.1 Å². The molecular weight excluding hydrogens is 427 g/mol. The zero-order chi connectivity index (χ0) is 21.9. The molecule has 30 heavy (non-hydrogen) atoms. The fourth-order valence-electron chi connectivity index (χ4n) is 2.46. The summed E-state index contributed by atoms with van der Waals surface area (Å²) < 4.78 is 45.2. The van der Waals surface area contributed by atoms with Crippen molar-refractivity contribution in [3.8, 4) is 5.69 Å². The molecule has 3 N–H and O–H groups in total. The van der Waals surface area contributed by atoms with Gasteiger partial charge in [-0.3, -0.25) is 4.79 Å². The van der Waals surface area contributed by atoms with E-state index in [-0.39, 0.29) is 22.6 Å². The number of nitrogens with one attached hydrogen (secondary N) is 1. The number of aromatic nitrogens is 3. The van der Waals surface area contributed by atoms with E-state index < -0.39 is 30.2 Å². The molecule has 0 aliphatic carbocycles. The highest BCUT2D eigenvalue weighted by Gasteiger charge is 2.31. The molecule has 0 bridgehead atoms. The van der Waals surface area contributed by atoms with Crippen LogP contribution in [0.3, 0.4) is 0 Å². The van der Waals surface area contributed by atoms with E-state index in [1.165, 1.54) is 35.5 Å². The molecule has 0 fully saturated rings. The van der Waals surface area contributed by atoms with Crippen molar-refractivity contribution in [1.82, 2.24) is 14.8 Å². The molecule has 0 unspecified atom stereocenters. The van der Waals surface area contributed by atoms with Gasteiger partial charge in [-0.15, -0.1) is 0 Å². The number of nitrogens with zero attached hydrogens (tertiary/aromatic N) is 3. The van der Waals surface area contributed by atoms with E-state index in [1.54, 1.807) is 0 Å². The van der Waals surface area contributed by atoms with Gasteiger partial charge in [0.15, 0.2) is 6.61 Å². The molecule has 1 heterocycles. The first kappa shape index (κ1) is 21.1. The van der Waals surface area contributed by atoms with Gasteiger partial charge in [0.2, 0.25) is 0 Å². The SMILES string of the molecule is Nc1cc(Cl)ccc1C(=O)OCC(=O)Nc1cc(C(F)(F)F)ccc1-n1cncn1. The van der Waals surface area contributed by atoms with Gasteiger partial charge >= 0.3 is 12.1 Å². The summed E-state index contributed by atoms with van der Waals surface area (Å²) in [5, 5.41) is 6.44. The van der Waals surface area contributed by atoms with Gasteiger partial charge in [-0.2, -0.15) is 18.3 Å². The van der Waals surface area contributed by atoms with E-state index in [4.69, 9.17) is 22.1 Å². The number of ether oxygens (including phenoxy) is 1. The van der Waals surface area contributed by atoms with Crippen molar-refractivity contribution < 1.29 is 27.5 Å². The number of anilines is 2. The second-order valence-electron chi connectivity index (χ2n) is 5.93. The standard InChI is InChI=1S/C18H13ClF3N5O3/c19-11-2-3-12(13(23)6-11)17(29)30-7-16(28)26-14-5-10(18(20,21)22)1-4-15(14)27-9-24-8-25-27/h1-6,8-9H,7,23H2,(H,26,28). The molecule has 0 atom stereocenters. The normalized spacial score (nSPS) is 11.2. The highest BCUT2D eigenvalue weighted by molar-refractivity contribution is 6.31. The average molecular weight is 440 g/mol. The van der Waals surface area contributed by atoms with Gasteiger partial charge in [0, 0.05) is 10.7 Å². The molecule has 3 rings (SSSR count). The lowest BCUT2D eigenvalue weighted by Gasteiger charge is -2.14. The monoisotopic (exact) mass is 439 g/mol. The van der Waals surface area contributed by atoms with Crippen molar-refractivity contribution in [1.29, 1.82) is 0 Å². The van der Waals surface area contributed by atoms with Gasteiger partial charge in [0.1, 0.15) is 12.7 Å². The fraction of sp³-hybridized carbons (Fsp3) is 0.111. The van der Waals surface area contributed by atoms with E-state index in [2.05, 4.69) is 15.4 Å². The lowest BCUT2D eigenvalue weighted by Crippen LogP contribution is -2.22. The lowest BCUT2D eigenvalue weighted by molar-refractivity contribution is -0.137. The molecule has 0 aliphatic heterocycles. The van der Waals surface area contributed by atoms with Crippen LogP contribution in [-0.4, -0.2) is 33.2 Å². The summed E-state index contributed by atoms with van der Waals surface area (Å²) in [6.45, 7) is -0.756. The van der Waals surface area contributed by atoms with Gasteiger partial charge in [0.05, 0.1) is 22.5 Å². The third-order valence-electron chi connectivity index (χ3n) is 3.83. The predicted molar refractivity (Wildman–Crippen MR) is 101 cm³/mol. The van der Waals surface area contributed by atoms with Gasteiger partial charge in [-0.05, 0) is 36.4 Å². The van der Waals surface area contributed by atoms with Crippen molar-refractivity contribution >= 4 is 34.9 Å². The fourth-order valence-corrected chi connectivity index (χ4v) is 2.64. The summed E-state index contributed by atoms with van der Waals surface area (Å²) in [6, 6.07) is 6.80. The highest BCUT2D eigenvalue weighted by atomic mass is 35.5. The van der Waals surface area contributed by atoms with Crippen LogP contribution in [-0.2, 0) is 15.7 Å². The molecule has 8 nitrogen and oxygen atoms in total. The zero-order valence-corrected chi connectivity index (χ0v) is 15.7. The van der Waals surface area contributed by atoms with Crippen LogP contribution in [0.2, 0.25) is 5.02 Å². The summed E-state index contributed by atoms with van der Waals surface area (Å²) >= 11 is 5.75. The van der Waals surface area contributed by atoms with E-state index in [9.17, 15) is 22.8 Å². The van der Waals surface area contributed by atoms with Crippen molar-refractivity contribution in [2.24, 2.45) is 0 Å². The maximum absolute atomic E-state index is 13.0. The van der Waals surface area contributed by atoms with E-state index >= 15 is 0 Å². The molecule has 2 aromatic carbocycles. The Morgan fingerprint density at radius 3 is 2.60 bits per heavy atom. The first-order valence-corrected chi connectivity index (χ1v) is 8.61.